The van der Waals surface area contributed by atoms with Crippen molar-refractivity contribution < 1.29 is 10.2 Å². The van der Waals surface area contributed by atoms with Gasteiger partial charge in [-0.2, -0.15) is 0 Å². The summed E-state index contributed by atoms with van der Waals surface area (Å²) in [5.41, 5.74) is 0.851. The fourth-order valence-electron chi connectivity index (χ4n) is 2.69. The number of hydrogen-bond acceptors (Lipinski definition) is 3. The molecule has 0 heterocycles. The smallest absolute Gasteiger partial charge is 0.115 e. The molecule has 0 saturated heterocycles. The Kier molecular flexibility index (Phi) is 6.63. The van der Waals surface area contributed by atoms with Crippen LogP contribution < -0.4 is 5.32 Å². The first-order valence-corrected chi connectivity index (χ1v) is 6.90. The molecule has 2 rings (SSSR count). The van der Waals surface area contributed by atoms with Crippen LogP contribution in [0.25, 0.3) is 0 Å². The third-order valence-electron chi connectivity index (χ3n) is 3.81. The number of hydrogen-bond donors (Lipinski definition) is 3. The maximum absolute atomic E-state index is 10.3. The molecule has 0 bridgehead atoms. The molecular formula is C15H24ClNO2. The van der Waals surface area contributed by atoms with Crippen LogP contribution in [-0.4, -0.2) is 22.3 Å². The predicted molar refractivity (Wildman–Crippen MR) is 79.8 cm³/mol. The minimum atomic E-state index is -0.521. The lowest BCUT2D eigenvalue weighted by molar-refractivity contribution is 0.125. The molecule has 3 N–H and O–H groups in total. The molecule has 19 heavy (non-hydrogen) atoms. The molecule has 0 radical (unpaired) electrons. The van der Waals surface area contributed by atoms with Crippen LogP contribution in [-0.2, 0) is 0 Å². The van der Waals surface area contributed by atoms with E-state index < -0.39 is 6.10 Å². The van der Waals surface area contributed by atoms with E-state index in [9.17, 15) is 10.2 Å². The van der Waals surface area contributed by atoms with Crippen molar-refractivity contribution in [3.8, 4) is 5.75 Å². The summed E-state index contributed by atoms with van der Waals surface area (Å²) in [6.07, 6.45) is 5.83. The lowest BCUT2D eigenvalue weighted by Crippen LogP contribution is -2.41. The maximum Gasteiger partial charge on any atom is 0.115 e. The highest BCUT2D eigenvalue weighted by Gasteiger charge is 2.21. The maximum atomic E-state index is 10.3. The van der Waals surface area contributed by atoms with E-state index in [1.165, 1.54) is 32.1 Å². The van der Waals surface area contributed by atoms with Crippen molar-refractivity contribution in [1.82, 2.24) is 5.32 Å². The quantitative estimate of drug-likeness (QED) is 0.796. The van der Waals surface area contributed by atoms with Gasteiger partial charge in [-0.3, -0.25) is 0 Å². The zero-order chi connectivity index (χ0) is 13.0. The average Bonchev–Trinajstić information content (AvgIpc) is 2.40. The molecule has 0 amide bonds. The SMILES string of the molecule is CC(NC1CCCCC1)C(O)c1ccc(O)cc1.Cl. The highest BCUT2D eigenvalue weighted by atomic mass is 35.5. The van der Waals surface area contributed by atoms with Gasteiger partial charge in [0.15, 0.2) is 0 Å². The standard InChI is InChI=1S/C15H23NO2.ClH/c1-11(16-13-5-3-2-4-6-13)15(18)12-7-9-14(17)10-8-12;/h7-11,13,15-18H,2-6H2,1H3;1H. The molecule has 0 aromatic heterocycles. The molecule has 1 fully saturated rings. The molecule has 1 aliphatic carbocycles. The number of halogens is 1. The third kappa shape index (κ3) is 4.68. The molecule has 2 atom stereocenters. The van der Waals surface area contributed by atoms with E-state index in [1.54, 1.807) is 24.3 Å². The van der Waals surface area contributed by atoms with Gasteiger partial charge in [0.2, 0.25) is 0 Å². The van der Waals surface area contributed by atoms with Crippen LogP contribution in [0, 0.1) is 0 Å². The van der Waals surface area contributed by atoms with Gasteiger partial charge in [-0.15, -0.1) is 12.4 Å². The molecule has 1 saturated carbocycles. The first-order chi connectivity index (χ1) is 8.66. The molecule has 108 valence electrons. The Morgan fingerprint density at radius 2 is 1.68 bits per heavy atom. The molecule has 4 heteroatoms. The summed E-state index contributed by atoms with van der Waals surface area (Å²) in [4.78, 5) is 0. The molecule has 1 aromatic carbocycles. The number of phenols is 1. The van der Waals surface area contributed by atoms with E-state index in [-0.39, 0.29) is 24.2 Å². The normalized spacial score (nSPS) is 19.5. The van der Waals surface area contributed by atoms with Crippen molar-refractivity contribution in [2.24, 2.45) is 0 Å². The largest absolute Gasteiger partial charge is 0.508 e. The van der Waals surface area contributed by atoms with Gasteiger partial charge in [0.1, 0.15) is 5.75 Å². The van der Waals surface area contributed by atoms with Crippen molar-refractivity contribution in [2.75, 3.05) is 0 Å². The highest BCUT2D eigenvalue weighted by Crippen LogP contribution is 2.22. The summed E-state index contributed by atoms with van der Waals surface area (Å²) in [5, 5.41) is 23.0. The zero-order valence-electron chi connectivity index (χ0n) is 11.4. The summed E-state index contributed by atoms with van der Waals surface area (Å²) >= 11 is 0. The second kappa shape index (κ2) is 7.73. The third-order valence-corrected chi connectivity index (χ3v) is 3.81. The van der Waals surface area contributed by atoms with Crippen LogP contribution >= 0.6 is 12.4 Å². The van der Waals surface area contributed by atoms with Crippen molar-refractivity contribution in [1.29, 1.82) is 0 Å². The van der Waals surface area contributed by atoms with Gasteiger partial charge in [-0.05, 0) is 37.5 Å². The second-order valence-electron chi connectivity index (χ2n) is 5.33. The summed E-state index contributed by atoms with van der Waals surface area (Å²) in [5.74, 6) is 0.235. The first kappa shape index (κ1) is 16.3. The fourth-order valence-corrected chi connectivity index (χ4v) is 2.69. The molecule has 3 nitrogen and oxygen atoms in total. The second-order valence-corrected chi connectivity index (χ2v) is 5.33. The highest BCUT2D eigenvalue weighted by molar-refractivity contribution is 5.85. The lowest BCUT2D eigenvalue weighted by atomic mass is 9.94. The Balaban J connectivity index is 0.00000180. The molecular weight excluding hydrogens is 262 g/mol. The average molecular weight is 286 g/mol. The number of aromatic hydroxyl groups is 1. The molecule has 0 aliphatic heterocycles. The topological polar surface area (TPSA) is 52.5 Å². The number of aliphatic hydroxyl groups excluding tert-OH is 1. The van der Waals surface area contributed by atoms with Gasteiger partial charge in [0, 0.05) is 12.1 Å². The minimum absolute atomic E-state index is 0. The summed E-state index contributed by atoms with van der Waals surface area (Å²) in [6, 6.07) is 7.37. The van der Waals surface area contributed by atoms with E-state index >= 15 is 0 Å². The van der Waals surface area contributed by atoms with Gasteiger partial charge < -0.3 is 15.5 Å². The number of aliphatic hydroxyl groups is 1. The van der Waals surface area contributed by atoms with Crippen LogP contribution in [0.2, 0.25) is 0 Å². The van der Waals surface area contributed by atoms with Crippen LogP contribution in [0.5, 0.6) is 5.75 Å². The summed E-state index contributed by atoms with van der Waals surface area (Å²) < 4.78 is 0. The fraction of sp³-hybridized carbons (Fsp3) is 0.600. The van der Waals surface area contributed by atoms with Gasteiger partial charge in [-0.1, -0.05) is 31.4 Å². The van der Waals surface area contributed by atoms with Crippen molar-refractivity contribution in [2.45, 2.75) is 57.2 Å². The van der Waals surface area contributed by atoms with E-state index in [0.29, 0.717) is 6.04 Å². The molecule has 0 spiro atoms. The van der Waals surface area contributed by atoms with Gasteiger partial charge >= 0.3 is 0 Å². The van der Waals surface area contributed by atoms with Crippen LogP contribution in [0.3, 0.4) is 0 Å². The monoisotopic (exact) mass is 285 g/mol. The van der Waals surface area contributed by atoms with Gasteiger partial charge in [-0.25, -0.2) is 0 Å². The van der Waals surface area contributed by atoms with Gasteiger partial charge in [0.25, 0.3) is 0 Å². The predicted octanol–water partition coefficient (Wildman–Crippen LogP) is 3.16. The Hall–Kier alpha value is -0.770. The minimum Gasteiger partial charge on any atom is -0.508 e. The van der Waals surface area contributed by atoms with Gasteiger partial charge in [0.05, 0.1) is 6.10 Å². The van der Waals surface area contributed by atoms with E-state index in [2.05, 4.69) is 5.32 Å². The van der Waals surface area contributed by atoms with Crippen molar-refractivity contribution >= 4 is 12.4 Å². The Morgan fingerprint density at radius 3 is 2.26 bits per heavy atom. The van der Waals surface area contributed by atoms with Crippen molar-refractivity contribution in [3.05, 3.63) is 29.8 Å². The Bertz CT molecular complexity index is 363. The number of benzene rings is 1. The number of rotatable bonds is 4. The van der Waals surface area contributed by atoms with Crippen LogP contribution in [0.1, 0.15) is 50.7 Å². The molecule has 2 unspecified atom stereocenters. The first-order valence-electron chi connectivity index (χ1n) is 6.90. The van der Waals surface area contributed by atoms with Crippen LogP contribution in [0.15, 0.2) is 24.3 Å². The van der Waals surface area contributed by atoms with E-state index in [1.807, 2.05) is 6.92 Å². The number of phenolic OH excluding ortho intramolecular Hbond substituents is 1. The molecule has 1 aromatic rings. The molecule has 1 aliphatic rings. The summed E-state index contributed by atoms with van der Waals surface area (Å²) in [6.45, 7) is 2.02. The summed E-state index contributed by atoms with van der Waals surface area (Å²) in [7, 11) is 0. The van der Waals surface area contributed by atoms with Crippen molar-refractivity contribution in [3.63, 3.8) is 0 Å². The van der Waals surface area contributed by atoms with E-state index in [0.717, 1.165) is 5.56 Å². The lowest BCUT2D eigenvalue weighted by Gasteiger charge is -2.29. The Labute approximate surface area is 121 Å². The zero-order valence-corrected chi connectivity index (χ0v) is 12.2. The Morgan fingerprint density at radius 1 is 1.11 bits per heavy atom. The number of nitrogens with one attached hydrogen (secondary N) is 1. The van der Waals surface area contributed by atoms with Crippen LogP contribution in [0.4, 0.5) is 0 Å². The van der Waals surface area contributed by atoms with E-state index in [4.69, 9.17) is 0 Å².